The summed E-state index contributed by atoms with van der Waals surface area (Å²) in [7, 11) is 0. The maximum absolute atomic E-state index is 4.79. The van der Waals surface area contributed by atoms with E-state index in [9.17, 15) is 0 Å². The molecule has 0 radical (unpaired) electrons. The molecule has 0 atom stereocenters. The summed E-state index contributed by atoms with van der Waals surface area (Å²) in [4.78, 5) is 4.79. The Balaban J connectivity index is 2.47. The summed E-state index contributed by atoms with van der Waals surface area (Å²) >= 11 is 0. The minimum absolute atomic E-state index is 0.454. The molecule has 2 aromatic rings. The quantitative estimate of drug-likeness (QED) is 0.788. The van der Waals surface area contributed by atoms with Gasteiger partial charge in [-0.2, -0.15) is 0 Å². The molecule has 0 N–H and O–H groups in total. The second-order valence-electron chi connectivity index (χ2n) is 5.82. The molecular formula is C17H24N2. The molecular weight excluding hydrogens is 232 g/mol. The molecule has 1 aromatic heterocycles. The van der Waals surface area contributed by atoms with Gasteiger partial charge in [0.15, 0.2) is 0 Å². The molecule has 0 aliphatic rings. The highest BCUT2D eigenvalue weighted by Gasteiger charge is 2.18. The van der Waals surface area contributed by atoms with E-state index in [0.29, 0.717) is 11.8 Å². The third kappa shape index (κ3) is 2.89. The highest BCUT2D eigenvalue weighted by molar-refractivity contribution is 5.24. The van der Waals surface area contributed by atoms with Crippen LogP contribution in [0.4, 0.5) is 0 Å². The molecule has 19 heavy (non-hydrogen) atoms. The lowest BCUT2D eigenvalue weighted by Gasteiger charge is -2.16. The van der Waals surface area contributed by atoms with Crippen LogP contribution in [-0.4, -0.2) is 9.55 Å². The first-order chi connectivity index (χ1) is 9.00. The molecule has 0 bridgehead atoms. The molecule has 0 fully saturated rings. The van der Waals surface area contributed by atoms with Crippen molar-refractivity contribution in [3.63, 3.8) is 0 Å². The van der Waals surface area contributed by atoms with E-state index in [4.69, 9.17) is 4.98 Å². The van der Waals surface area contributed by atoms with Crippen LogP contribution in [0.25, 0.3) is 0 Å². The lowest BCUT2D eigenvalue weighted by atomic mass is 10.1. The molecule has 102 valence electrons. The third-order valence-corrected chi connectivity index (χ3v) is 3.47. The van der Waals surface area contributed by atoms with Crippen LogP contribution in [0, 0.1) is 6.92 Å². The van der Waals surface area contributed by atoms with Crippen LogP contribution in [0.15, 0.2) is 30.3 Å². The first kappa shape index (κ1) is 13.9. The zero-order chi connectivity index (χ0) is 14.0. The first-order valence-corrected chi connectivity index (χ1v) is 7.11. The van der Waals surface area contributed by atoms with E-state index in [1.165, 1.54) is 22.8 Å². The predicted octanol–water partition coefficient (Wildman–Crippen LogP) is 4.49. The molecule has 0 saturated carbocycles. The molecule has 1 heterocycles. The Morgan fingerprint density at radius 2 is 1.63 bits per heavy atom. The Bertz CT molecular complexity index is 536. The fraction of sp³-hybridized carbons (Fsp3) is 0.471. The fourth-order valence-corrected chi connectivity index (χ4v) is 2.71. The second-order valence-corrected chi connectivity index (χ2v) is 5.82. The van der Waals surface area contributed by atoms with E-state index in [1.807, 2.05) is 0 Å². The number of rotatable bonds is 4. The van der Waals surface area contributed by atoms with Crippen LogP contribution < -0.4 is 0 Å². The van der Waals surface area contributed by atoms with Gasteiger partial charge in [0, 0.05) is 18.2 Å². The van der Waals surface area contributed by atoms with Crippen LogP contribution in [0.1, 0.15) is 62.3 Å². The summed E-state index contributed by atoms with van der Waals surface area (Å²) in [5, 5.41) is 0. The monoisotopic (exact) mass is 256 g/mol. The predicted molar refractivity (Wildman–Crippen MR) is 80.7 cm³/mol. The van der Waals surface area contributed by atoms with Gasteiger partial charge in [0.25, 0.3) is 0 Å². The van der Waals surface area contributed by atoms with Gasteiger partial charge >= 0.3 is 0 Å². The SMILES string of the molecule is Cc1nc(C(C)C)n(Cc2ccccc2)c1C(C)C. The van der Waals surface area contributed by atoms with E-state index in [2.05, 4.69) is 69.5 Å². The topological polar surface area (TPSA) is 17.8 Å². The summed E-state index contributed by atoms with van der Waals surface area (Å²) < 4.78 is 2.40. The average molecular weight is 256 g/mol. The molecule has 0 spiro atoms. The second kappa shape index (κ2) is 5.60. The number of imidazole rings is 1. The van der Waals surface area contributed by atoms with Crippen LogP contribution in [0.5, 0.6) is 0 Å². The number of aryl methyl sites for hydroxylation is 1. The van der Waals surface area contributed by atoms with E-state index in [1.54, 1.807) is 0 Å². The van der Waals surface area contributed by atoms with Gasteiger partial charge in [0.1, 0.15) is 5.82 Å². The standard InChI is InChI=1S/C17H24N2/c1-12(2)16-14(5)18-17(13(3)4)19(16)11-15-9-7-6-8-10-15/h6-10,12-13H,11H2,1-5H3. The van der Waals surface area contributed by atoms with Gasteiger partial charge in [0.2, 0.25) is 0 Å². The number of aromatic nitrogens is 2. The van der Waals surface area contributed by atoms with Crippen LogP contribution >= 0.6 is 0 Å². The lowest BCUT2D eigenvalue weighted by Crippen LogP contribution is -2.11. The number of nitrogens with zero attached hydrogens (tertiary/aromatic N) is 2. The minimum Gasteiger partial charge on any atom is -0.327 e. The molecule has 0 saturated heterocycles. The van der Waals surface area contributed by atoms with Crippen molar-refractivity contribution in [1.29, 1.82) is 0 Å². The van der Waals surface area contributed by atoms with E-state index < -0.39 is 0 Å². The molecule has 2 nitrogen and oxygen atoms in total. The number of hydrogen-bond acceptors (Lipinski definition) is 1. The maximum atomic E-state index is 4.79. The third-order valence-electron chi connectivity index (χ3n) is 3.47. The minimum atomic E-state index is 0.454. The molecule has 2 heteroatoms. The van der Waals surface area contributed by atoms with Gasteiger partial charge < -0.3 is 4.57 Å². The fourth-order valence-electron chi connectivity index (χ4n) is 2.71. The van der Waals surface area contributed by atoms with Crippen LogP contribution in [0.2, 0.25) is 0 Å². The van der Waals surface area contributed by atoms with Crippen molar-refractivity contribution in [1.82, 2.24) is 9.55 Å². The normalized spacial score (nSPS) is 11.5. The zero-order valence-electron chi connectivity index (χ0n) is 12.6. The van der Waals surface area contributed by atoms with Crippen molar-refractivity contribution in [2.45, 2.75) is 53.0 Å². The largest absolute Gasteiger partial charge is 0.327 e. The molecule has 1 aromatic carbocycles. The number of benzene rings is 1. The van der Waals surface area contributed by atoms with Crippen molar-refractivity contribution in [3.8, 4) is 0 Å². The van der Waals surface area contributed by atoms with Crippen LogP contribution in [-0.2, 0) is 6.54 Å². The highest BCUT2D eigenvalue weighted by atomic mass is 15.1. The number of hydrogen-bond donors (Lipinski definition) is 0. The molecule has 0 unspecified atom stereocenters. The maximum Gasteiger partial charge on any atom is 0.112 e. The van der Waals surface area contributed by atoms with Crippen molar-refractivity contribution >= 4 is 0 Å². The Morgan fingerprint density at radius 3 is 2.16 bits per heavy atom. The lowest BCUT2D eigenvalue weighted by molar-refractivity contribution is 0.624. The molecule has 0 amide bonds. The van der Waals surface area contributed by atoms with Gasteiger partial charge in [-0.05, 0) is 18.4 Å². The summed E-state index contributed by atoms with van der Waals surface area (Å²) in [5.41, 5.74) is 3.88. The van der Waals surface area contributed by atoms with Gasteiger partial charge in [-0.25, -0.2) is 4.98 Å². The highest BCUT2D eigenvalue weighted by Crippen LogP contribution is 2.25. The first-order valence-electron chi connectivity index (χ1n) is 7.11. The van der Waals surface area contributed by atoms with Gasteiger partial charge in [-0.1, -0.05) is 58.0 Å². The Hall–Kier alpha value is -1.57. The van der Waals surface area contributed by atoms with Gasteiger partial charge in [-0.3, -0.25) is 0 Å². The summed E-state index contributed by atoms with van der Waals surface area (Å²) in [6.07, 6.45) is 0. The molecule has 0 aliphatic heterocycles. The van der Waals surface area contributed by atoms with E-state index in [-0.39, 0.29) is 0 Å². The summed E-state index contributed by atoms with van der Waals surface area (Å²) in [6.45, 7) is 12.0. The summed E-state index contributed by atoms with van der Waals surface area (Å²) in [6, 6.07) is 10.6. The zero-order valence-corrected chi connectivity index (χ0v) is 12.6. The van der Waals surface area contributed by atoms with E-state index in [0.717, 1.165) is 6.54 Å². The van der Waals surface area contributed by atoms with Crippen molar-refractivity contribution < 1.29 is 0 Å². The van der Waals surface area contributed by atoms with Gasteiger partial charge in [0.05, 0.1) is 5.69 Å². The van der Waals surface area contributed by atoms with E-state index >= 15 is 0 Å². The summed E-state index contributed by atoms with van der Waals surface area (Å²) in [5.74, 6) is 2.16. The Kier molecular flexibility index (Phi) is 4.08. The molecule has 0 aliphatic carbocycles. The Labute approximate surface area is 116 Å². The Morgan fingerprint density at radius 1 is 1.00 bits per heavy atom. The van der Waals surface area contributed by atoms with Crippen molar-refractivity contribution in [2.24, 2.45) is 0 Å². The van der Waals surface area contributed by atoms with Gasteiger partial charge in [-0.15, -0.1) is 0 Å². The van der Waals surface area contributed by atoms with Crippen molar-refractivity contribution in [3.05, 3.63) is 53.1 Å². The van der Waals surface area contributed by atoms with Crippen molar-refractivity contribution in [2.75, 3.05) is 0 Å². The smallest absolute Gasteiger partial charge is 0.112 e. The average Bonchev–Trinajstić information content (AvgIpc) is 2.67. The molecule has 2 rings (SSSR count). The van der Waals surface area contributed by atoms with Crippen LogP contribution in [0.3, 0.4) is 0 Å².